The van der Waals surface area contributed by atoms with Crippen LogP contribution in [0.4, 0.5) is 0 Å². The van der Waals surface area contributed by atoms with Crippen molar-refractivity contribution in [3.05, 3.63) is 29.5 Å². The average molecular weight is 306 g/mol. The van der Waals surface area contributed by atoms with Crippen LogP contribution in [-0.2, 0) is 0 Å². The Morgan fingerprint density at radius 1 is 1.52 bits per heavy atom. The maximum atomic E-state index is 12.0. The van der Waals surface area contributed by atoms with Gasteiger partial charge in [0.1, 0.15) is 5.69 Å². The summed E-state index contributed by atoms with van der Waals surface area (Å²) in [6, 6.07) is 3.60. The van der Waals surface area contributed by atoms with Gasteiger partial charge in [-0.15, -0.1) is 11.3 Å². The Balaban J connectivity index is 1.55. The van der Waals surface area contributed by atoms with E-state index in [2.05, 4.69) is 10.3 Å². The summed E-state index contributed by atoms with van der Waals surface area (Å²) in [6.07, 6.45) is 5.57. The molecule has 2 heterocycles. The fourth-order valence-electron chi connectivity index (χ4n) is 2.69. The minimum atomic E-state index is -0.459. The number of nitrogens with one attached hydrogen (secondary N) is 1. The lowest BCUT2D eigenvalue weighted by Gasteiger charge is -2.17. The molecule has 2 aromatic heterocycles. The quantitative estimate of drug-likeness (QED) is 0.890. The van der Waals surface area contributed by atoms with Gasteiger partial charge in [0, 0.05) is 11.9 Å². The Hall–Kier alpha value is -1.66. The van der Waals surface area contributed by atoms with Gasteiger partial charge in [-0.25, -0.2) is 4.98 Å². The van der Waals surface area contributed by atoms with Crippen LogP contribution in [0.25, 0.3) is 10.8 Å². The molecule has 1 amide bonds. The van der Waals surface area contributed by atoms with Crippen molar-refractivity contribution in [3.8, 4) is 10.8 Å². The zero-order valence-electron chi connectivity index (χ0n) is 11.6. The van der Waals surface area contributed by atoms with Gasteiger partial charge in [-0.05, 0) is 30.9 Å². The van der Waals surface area contributed by atoms with Crippen LogP contribution < -0.4 is 5.32 Å². The fourth-order valence-corrected chi connectivity index (χ4v) is 3.45. The number of aliphatic hydroxyl groups is 1. The van der Waals surface area contributed by atoms with Gasteiger partial charge in [-0.3, -0.25) is 4.79 Å². The van der Waals surface area contributed by atoms with Crippen LogP contribution in [0.2, 0.25) is 0 Å². The van der Waals surface area contributed by atoms with Crippen molar-refractivity contribution in [2.75, 3.05) is 6.54 Å². The first-order valence-corrected chi connectivity index (χ1v) is 8.07. The zero-order chi connectivity index (χ0) is 14.7. The summed E-state index contributed by atoms with van der Waals surface area (Å²) >= 11 is 1.37. The zero-order valence-corrected chi connectivity index (χ0v) is 12.4. The first-order valence-electron chi connectivity index (χ1n) is 7.19. The van der Waals surface area contributed by atoms with Crippen molar-refractivity contribution in [2.45, 2.75) is 31.8 Å². The van der Waals surface area contributed by atoms with Crippen molar-refractivity contribution in [3.63, 3.8) is 0 Å². The highest BCUT2D eigenvalue weighted by molar-refractivity contribution is 7.13. The third-order valence-electron chi connectivity index (χ3n) is 3.88. The lowest BCUT2D eigenvalue weighted by atomic mass is 10.0. The van der Waals surface area contributed by atoms with E-state index in [0.717, 1.165) is 12.8 Å². The lowest BCUT2D eigenvalue weighted by molar-refractivity contribution is 0.0837. The van der Waals surface area contributed by atoms with Crippen molar-refractivity contribution in [2.24, 2.45) is 5.92 Å². The minimum absolute atomic E-state index is 0.249. The Morgan fingerprint density at radius 2 is 2.33 bits per heavy atom. The molecule has 0 radical (unpaired) electrons. The highest BCUT2D eigenvalue weighted by Crippen LogP contribution is 2.27. The van der Waals surface area contributed by atoms with E-state index in [4.69, 9.17) is 4.42 Å². The Kier molecular flexibility index (Phi) is 4.36. The average Bonchev–Trinajstić information content (AvgIpc) is 3.25. The van der Waals surface area contributed by atoms with Crippen LogP contribution in [0, 0.1) is 5.92 Å². The Morgan fingerprint density at radius 3 is 3.05 bits per heavy atom. The Labute approximate surface area is 127 Å². The Bertz CT molecular complexity index is 588. The highest BCUT2D eigenvalue weighted by Gasteiger charge is 2.24. The summed E-state index contributed by atoms with van der Waals surface area (Å²) in [5.74, 6) is 0.727. The number of aliphatic hydroxyl groups excluding tert-OH is 1. The first-order chi connectivity index (χ1) is 10.2. The van der Waals surface area contributed by atoms with Gasteiger partial charge >= 0.3 is 0 Å². The number of rotatable bonds is 5. The fraction of sp³-hybridized carbons (Fsp3) is 0.467. The number of carbonyl (C=O) groups is 1. The number of carbonyl (C=O) groups excluding carboxylic acids is 1. The molecule has 1 aliphatic carbocycles. The number of nitrogens with zero attached hydrogens (tertiary/aromatic N) is 1. The number of aromatic nitrogens is 1. The molecule has 0 spiro atoms. The number of furan rings is 1. The molecule has 1 fully saturated rings. The summed E-state index contributed by atoms with van der Waals surface area (Å²) in [4.78, 5) is 16.3. The molecule has 0 saturated heterocycles. The highest BCUT2D eigenvalue weighted by atomic mass is 32.1. The maximum Gasteiger partial charge on any atom is 0.270 e. The summed E-state index contributed by atoms with van der Waals surface area (Å²) in [5, 5.41) is 15.2. The molecule has 1 saturated carbocycles. The van der Waals surface area contributed by atoms with E-state index in [-0.39, 0.29) is 12.5 Å². The normalized spacial score (nSPS) is 17.0. The molecule has 21 heavy (non-hydrogen) atoms. The van der Waals surface area contributed by atoms with Gasteiger partial charge in [0.15, 0.2) is 10.8 Å². The van der Waals surface area contributed by atoms with Crippen molar-refractivity contribution >= 4 is 17.2 Å². The van der Waals surface area contributed by atoms with E-state index < -0.39 is 6.10 Å². The number of hydrogen-bond donors (Lipinski definition) is 2. The number of thiazole rings is 1. The third-order valence-corrected chi connectivity index (χ3v) is 4.74. The smallest absolute Gasteiger partial charge is 0.270 e. The molecular weight excluding hydrogens is 288 g/mol. The van der Waals surface area contributed by atoms with E-state index in [0.29, 0.717) is 22.4 Å². The van der Waals surface area contributed by atoms with Gasteiger partial charge in [0.05, 0.1) is 12.4 Å². The number of amides is 1. The summed E-state index contributed by atoms with van der Waals surface area (Å²) in [7, 11) is 0. The SMILES string of the molecule is O=C(NCC(O)C1CCCC1)c1csc(-c2ccco2)n1. The van der Waals surface area contributed by atoms with E-state index in [9.17, 15) is 9.90 Å². The molecule has 3 rings (SSSR count). The van der Waals surface area contributed by atoms with E-state index in [1.807, 2.05) is 6.07 Å². The molecule has 1 aliphatic rings. The van der Waals surface area contributed by atoms with E-state index in [1.165, 1.54) is 24.2 Å². The topological polar surface area (TPSA) is 75.4 Å². The van der Waals surface area contributed by atoms with Crippen LogP contribution >= 0.6 is 11.3 Å². The van der Waals surface area contributed by atoms with Crippen LogP contribution in [0.5, 0.6) is 0 Å². The molecule has 0 aromatic carbocycles. The largest absolute Gasteiger partial charge is 0.462 e. The van der Waals surface area contributed by atoms with Gasteiger partial charge in [-0.2, -0.15) is 0 Å². The monoisotopic (exact) mass is 306 g/mol. The minimum Gasteiger partial charge on any atom is -0.462 e. The summed E-state index contributed by atoms with van der Waals surface area (Å²) in [6.45, 7) is 0.289. The van der Waals surface area contributed by atoms with E-state index >= 15 is 0 Å². The molecule has 1 atom stereocenters. The van der Waals surface area contributed by atoms with Crippen LogP contribution in [0.15, 0.2) is 28.2 Å². The summed E-state index contributed by atoms with van der Waals surface area (Å²) < 4.78 is 5.25. The lowest BCUT2D eigenvalue weighted by Crippen LogP contribution is -2.35. The molecule has 6 heteroatoms. The molecule has 0 bridgehead atoms. The first kappa shape index (κ1) is 14.3. The van der Waals surface area contributed by atoms with Gasteiger partial charge < -0.3 is 14.8 Å². The van der Waals surface area contributed by atoms with Crippen LogP contribution in [-0.4, -0.2) is 28.6 Å². The molecule has 5 nitrogen and oxygen atoms in total. The standard InChI is InChI=1S/C15H18N2O3S/c18-12(10-4-1-2-5-10)8-16-14(19)11-9-21-15(17-11)13-6-3-7-20-13/h3,6-7,9-10,12,18H,1-2,4-5,8H2,(H,16,19). The molecule has 1 unspecified atom stereocenters. The number of hydrogen-bond acceptors (Lipinski definition) is 5. The maximum absolute atomic E-state index is 12.0. The van der Waals surface area contributed by atoms with Crippen LogP contribution in [0.1, 0.15) is 36.2 Å². The van der Waals surface area contributed by atoms with Gasteiger partial charge in [-0.1, -0.05) is 12.8 Å². The predicted octanol–water partition coefficient (Wildman–Crippen LogP) is 2.68. The van der Waals surface area contributed by atoms with Crippen LogP contribution in [0.3, 0.4) is 0 Å². The van der Waals surface area contributed by atoms with Gasteiger partial charge in [0.2, 0.25) is 0 Å². The molecule has 2 aromatic rings. The second-order valence-corrected chi connectivity index (χ2v) is 6.20. The second-order valence-electron chi connectivity index (χ2n) is 5.34. The predicted molar refractivity (Wildman–Crippen MR) is 80.1 cm³/mol. The third kappa shape index (κ3) is 3.33. The van der Waals surface area contributed by atoms with E-state index in [1.54, 1.807) is 17.7 Å². The molecule has 2 N–H and O–H groups in total. The van der Waals surface area contributed by atoms with Crippen molar-refractivity contribution < 1.29 is 14.3 Å². The molecular formula is C15H18N2O3S. The van der Waals surface area contributed by atoms with Crippen molar-refractivity contribution in [1.29, 1.82) is 0 Å². The second kappa shape index (κ2) is 6.41. The summed E-state index contributed by atoms with van der Waals surface area (Å²) in [5.41, 5.74) is 0.366. The van der Waals surface area contributed by atoms with Gasteiger partial charge in [0.25, 0.3) is 5.91 Å². The molecule has 112 valence electrons. The molecule has 0 aliphatic heterocycles. The van der Waals surface area contributed by atoms with Crippen molar-refractivity contribution in [1.82, 2.24) is 10.3 Å².